The molecule has 1 rings (SSSR count). The van der Waals surface area contributed by atoms with Crippen LogP contribution in [0.5, 0.6) is 0 Å². The molecule has 0 aromatic heterocycles. The summed E-state index contributed by atoms with van der Waals surface area (Å²) in [5.41, 5.74) is 8.42. The van der Waals surface area contributed by atoms with Crippen molar-refractivity contribution < 1.29 is 13.2 Å². The molecule has 0 aliphatic rings. The van der Waals surface area contributed by atoms with Crippen LogP contribution in [-0.2, 0) is 10.0 Å². The van der Waals surface area contributed by atoms with Crippen LogP contribution in [0.15, 0.2) is 34.3 Å². The molecular weight excluding hydrogens is 268 g/mol. The third-order valence-corrected chi connectivity index (χ3v) is 3.80. The number of sulfonamides is 1. The number of hydrogen-bond donors (Lipinski definition) is 1. The molecule has 0 unspecified atom stereocenters. The van der Waals surface area contributed by atoms with Gasteiger partial charge in [-0.25, -0.2) is 13.1 Å². The van der Waals surface area contributed by atoms with E-state index >= 15 is 0 Å². The summed E-state index contributed by atoms with van der Waals surface area (Å²) in [6.07, 6.45) is 0.412. The third kappa shape index (κ3) is 4.70. The Labute approximate surface area is 111 Å². The number of benzene rings is 1. The number of ketones is 1. The van der Waals surface area contributed by atoms with Crippen molar-refractivity contribution in [1.29, 1.82) is 0 Å². The van der Waals surface area contributed by atoms with Crippen molar-refractivity contribution in [2.24, 2.45) is 5.11 Å². The molecule has 0 saturated carbocycles. The topological polar surface area (TPSA) is 112 Å². The quantitative estimate of drug-likeness (QED) is 0.271. The average Bonchev–Trinajstić information content (AvgIpc) is 2.38. The van der Waals surface area contributed by atoms with E-state index in [1.807, 2.05) is 0 Å². The summed E-state index contributed by atoms with van der Waals surface area (Å²) in [6.45, 7) is 1.78. The molecular formula is C11H14N4O3S. The van der Waals surface area contributed by atoms with Gasteiger partial charge in [0.15, 0.2) is 5.78 Å². The van der Waals surface area contributed by atoms with Crippen LogP contribution in [0.25, 0.3) is 10.4 Å². The highest BCUT2D eigenvalue weighted by Gasteiger charge is 2.14. The van der Waals surface area contributed by atoms with E-state index in [4.69, 9.17) is 5.53 Å². The molecule has 8 heteroatoms. The molecule has 0 amide bonds. The molecule has 0 bridgehead atoms. The van der Waals surface area contributed by atoms with Crippen LogP contribution >= 0.6 is 0 Å². The molecule has 0 aliphatic carbocycles. The summed E-state index contributed by atoms with van der Waals surface area (Å²) >= 11 is 0. The third-order valence-electron chi connectivity index (χ3n) is 2.34. The van der Waals surface area contributed by atoms with Crippen LogP contribution in [0.1, 0.15) is 23.7 Å². The normalized spacial score (nSPS) is 10.8. The minimum Gasteiger partial charge on any atom is -0.295 e. The predicted octanol–water partition coefficient (Wildman–Crippen LogP) is 1.87. The van der Waals surface area contributed by atoms with Gasteiger partial charge in [-0.2, -0.15) is 0 Å². The number of nitrogens with zero attached hydrogens (tertiary/aromatic N) is 3. The number of rotatable bonds is 7. The van der Waals surface area contributed by atoms with Gasteiger partial charge in [-0.1, -0.05) is 17.2 Å². The van der Waals surface area contributed by atoms with E-state index in [9.17, 15) is 13.2 Å². The molecule has 1 N–H and O–H groups in total. The lowest BCUT2D eigenvalue weighted by molar-refractivity contribution is 0.101. The number of carbonyl (C=O) groups excluding carboxylic acids is 1. The van der Waals surface area contributed by atoms with Gasteiger partial charge in [-0.3, -0.25) is 4.79 Å². The highest BCUT2D eigenvalue weighted by atomic mass is 32.2. The fourth-order valence-corrected chi connectivity index (χ4v) is 2.49. The zero-order chi connectivity index (χ0) is 14.3. The molecule has 0 atom stereocenters. The number of azide groups is 1. The van der Waals surface area contributed by atoms with Crippen LogP contribution in [0.2, 0.25) is 0 Å². The zero-order valence-electron chi connectivity index (χ0n) is 10.4. The highest BCUT2D eigenvalue weighted by Crippen LogP contribution is 2.11. The Bertz CT molecular complexity index is 606. The fraction of sp³-hybridized carbons (Fsp3) is 0.364. The Morgan fingerprint density at radius 2 is 2.21 bits per heavy atom. The first-order chi connectivity index (χ1) is 8.97. The van der Waals surface area contributed by atoms with E-state index < -0.39 is 10.0 Å². The van der Waals surface area contributed by atoms with Gasteiger partial charge < -0.3 is 0 Å². The van der Waals surface area contributed by atoms with Gasteiger partial charge in [0, 0.05) is 23.6 Å². The van der Waals surface area contributed by atoms with Gasteiger partial charge >= 0.3 is 0 Å². The highest BCUT2D eigenvalue weighted by molar-refractivity contribution is 7.89. The van der Waals surface area contributed by atoms with Crippen molar-refractivity contribution in [1.82, 2.24) is 4.72 Å². The second-order valence-corrected chi connectivity index (χ2v) is 5.56. The Morgan fingerprint density at radius 3 is 2.84 bits per heavy atom. The summed E-state index contributed by atoms with van der Waals surface area (Å²) < 4.78 is 26.2. The first-order valence-electron chi connectivity index (χ1n) is 5.59. The number of carbonyl (C=O) groups is 1. The first-order valence-corrected chi connectivity index (χ1v) is 7.07. The summed E-state index contributed by atoms with van der Waals surface area (Å²) in [5.74, 6) is -0.194. The molecule has 1 aromatic rings. The summed E-state index contributed by atoms with van der Waals surface area (Å²) in [7, 11) is -3.64. The van der Waals surface area contributed by atoms with Crippen molar-refractivity contribution in [2.45, 2.75) is 18.2 Å². The van der Waals surface area contributed by atoms with Gasteiger partial charge in [0.1, 0.15) is 0 Å². The molecule has 0 aliphatic heterocycles. The Hall–Kier alpha value is -1.89. The van der Waals surface area contributed by atoms with Crippen LogP contribution in [0.3, 0.4) is 0 Å². The van der Waals surface area contributed by atoms with Crippen LogP contribution in [0, 0.1) is 0 Å². The van der Waals surface area contributed by atoms with Gasteiger partial charge in [0.05, 0.1) is 4.90 Å². The number of Topliss-reactive ketones (excluding diaryl/α,β-unsaturated/α-hetero) is 1. The maximum Gasteiger partial charge on any atom is 0.240 e. The van der Waals surface area contributed by atoms with E-state index in [0.717, 1.165) is 0 Å². The van der Waals surface area contributed by atoms with E-state index in [2.05, 4.69) is 14.7 Å². The van der Waals surface area contributed by atoms with Crippen LogP contribution in [-0.4, -0.2) is 27.3 Å². The Kier molecular flexibility index (Phi) is 5.50. The molecule has 0 radical (unpaired) electrons. The zero-order valence-corrected chi connectivity index (χ0v) is 11.2. The largest absolute Gasteiger partial charge is 0.295 e. The second kappa shape index (κ2) is 6.89. The summed E-state index contributed by atoms with van der Waals surface area (Å²) in [4.78, 5) is 13.8. The molecule has 102 valence electrons. The van der Waals surface area contributed by atoms with E-state index in [-0.39, 0.29) is 23.8 Å². The van der Waals surface area contributed by atoms with Crippen molar-refractivity contribution >= 4 is 15.8 Å². The minimum atomic E-state index is -3.64. The van der Waals surface area contributed by atoms with E-state index in [0.29, 0.717) is 12.0 Å². The second-order valence-electron chi connectivity index (χ2n) is 3.79. The SMILES string of the molecule is CC(=O)c1cccc(S(=O)(=O)NCCCN=[N+]=[N-])c1. The maximum absolute atomic E-state index is 11.9. The molecule has 0 heterocycles. The van der Waals surface area contributed by atoms with E-state index in [1.54, 1.807) is 6.07 Å². The molecule has 1 aromatic carbocycles. The molecule has 19 heavy (non-hydrogen) atoms. The molecule has 0 fully saturated rings. The van der Waals surface area contributed by atoms with Crippen molar-refractivity contribution in [3.05, 3.63) is 40.3 Å². The predicted molar refractivity (Wildman–Crippen MR) is 70.3 cm³/mol. The Morgan fingerprint density at radius 1 is 1.47 bits per heavy atom. The smallest absolute Gasteiger partial charge is 0.240 e. The standard InChI is InChI=1S/C11H14N4O3S/c1-9(16)10-4-2-5-11(8-10)19(17,18)14-7-3-6-13-15-12/h2,4-5,8,14H,3,6-7H2,1H3. The lowest BCUT2D eigenvalue weighted by Crippen LogP contribution is -2.25. The summed E-state index contributed by atoms with van der Waals surface area (Å²) in [5, 5.41) is 3.30. The van der Waals surface area contributed by atoms with Crippen LogP contribution < -0.4 is 4.72 Å². The first kappa shape index (κ1) is 15.2. The van der Waals surface area contributed by atoms with Crippen molar-refractivity contribution in [3.8, 4) is 0 Å². The van der Waals surface area contributed by atoms with Crippen LogP contribution in [0.4, 0.5) is 0 Å². The maximum atomic E-state index is 11.9. The number of hydrogen-bond acceptors (Lipinski definition) is 4. The fourth-order valence-electron chi connectivity index (χ4n) is 1.37. The minimum absolute atomic E-state index is 0.0454. The van der Waals surface area contributed by atoms with Gasteiger partial charge in [0.2, 0.25) is 10.0 Å². The lowest BCUT2D eigenvalue weighted by Gasteiger charge is -2.06. The lowest BCUT2D eigenvalue weighted by atomic mass is 10.2. The Balaban J connectivity index is 2.74. The average molecular weight is 282 g/mol. The van der Waals surface area contributed by atoms with Gasteiger partial charge in [0.25, 0.3) is 0 Å². The molecule has 7 nitrogen and oxygen atoms in total. The van der Waals surface area contributed by atoms with Gasteiger partial charge in [-0.15, -0.1) is 0 Å². The van der Waals surface area contributed by atoms with Gasteiger partial charge in [-0.05, 0) is 31.0 Å². The molecule has 0 spiro atoms. The van der Waals surface area contributed by atoms with Crippen molar-refractivity contribution in [3.63, 3.8) is 0 Å². The monoisotopic (exact) mass is 282 g/mol. The molecule has 0 saturated heterocycles. The number of nitrogens with one attached hydrogen (secondary N) is 1. The summed E-state index contributed by atoms with van der Waals surface area (Å²) in [6, 6.07) is 5.83. The van der Waals surface area contributed by atoms with Crippen molar-refractivity contribution in [2.75, 3.05) is 13.1 Å². The van der Waals surface area contributed by atoms with E-state index in [1.165, 1.54) is 25.1 Å².